The van der Waals surface area contributed by atoms with Crippen molar-refractivity contribution in [3.05, 3.63) is 82.6 Å². The van der Waals surface area contributed by atoms with Gasteiger partial charge in [-0.2, -0.15) is 0 Å². The van der Waals surface area contributed by atoms with Crippen LogP contribution in [0, 0.1) is 6.92 Å². The minimum Gasteiger partial charge on any atom is -0.462 e. The summed E-state index contributed by atoms with van der Waals surface area (Å²) in [7, 11) is 0. The van der Waals surface area contributed by atoms with E-state index in [1.165, 1.54) is 23.1 Å². The van der Waals surface area contributed by atoms with Gasteiger partial charge < -0.3 is 15.5 Å². The molecule has 36 heavy (non-hydrogen) atoms. The second kappa shape index (κ2) is 10.3. The molecule has 0 fully saturated rings. The number of amides is 1. The normalized spacial score (nSPS) is 16.6. The zero-order chi connectivity index (χ0) is 25.2. The van der Waals surface area contributed by atoms with Crippen molar-refractivity contribution in [2.24, 2.45) is 0 Å². The van der Waals surface area contributed by atoms with Crippen molar-refractivity contribution in [1.29, 1.82) is 0 Å². The molecule has 1 aliphatic heterocycles. The molecule has 1 amide bonds. The molecular weight excluding hydrogens is 518 g/mol. The fraction of sp³-hybridized carbons (Fsp3) is 0.200. The third kappa shape index (κ3) is 4.84. The van der Waals surface area contributed by atoms with Gasteiger partial charge in [-0.1, -0.05) is 65.8 Å². The number of ether oxygens (including phenoxy) is 1. The van der Waals surface area contributed by atoms with E-state index < -0.39 is 17.3 Å². The van der Waals surface area contributed by atoms with Gasteiger partial charge in [-0.3, -0.25) is 4.79 Å². The number of nitrogens with zero attached hydrogens (tertiary/aromatic N) is 3. The summed E-state index contributed by atoms with van der Waals surface area (Å²) in [6, 6.07) is 18.4. The number of thiophene rings is 1. The molecule has 184 valence electrons. The number of carbonyl (C=O) groups is 2. The summed E-state index contributed by atoms with van der Waals surface area (Å²) >= 11 is 8.74. The van der Waals surface area contributed by atoms with Crippen LogP contribution >= 0.6 is 34.7 Å². The molecule has 5 rings (SSSR count). The number of esters is 1. The summed E-state index contributed by atoms with van der Waals surface area (Å²) in [6.07, 6.45) is 0. The van der Waals surface area contributed by atoms with Crippen molar-refractivity contribution in [2.45, 2.75) is 30.3 Å². The Labute approximate surface area is 221 Å². The summed E-state index contributed by atoms with van der Waals surface area (Å²) < 4.78 is 7.03. The SMILES string of the molecule is CCOC(=O)c1cc(-c2ccccc2)sc1NC(=O)[C@@H]1Sc2nnc(C)n2N[C@H]1c1ccc(Cl)cc1. The Morgan fingerprint density at radius 1 is 1.14 bits per heavy atom. The molecule has 2 aromatic heterocycles. The Morgan fingerprint density at radius 2 is 1.89 bits per heavy atom. The lowest BCUT2D eigenvalue weighted by Crippen LogP contribution is -2.41. The highest BCUT2D eigenvalue weighted by Gasteiger charge is 2.38. The standard InChI is InChI=1S/C25H22ClN5O3S2/c1-3-34-24(33)18-13-19(15-7-5-4-6-8-15)35-23(18)27-22(32)21-20(16-9-11-17(26)12-10-16)30-31-14(2)28-29-25(31)36-21/h4-13,20-21,30H,3H2,1-2H3,(H,27,32)/t20-,21+/m0/s1. The van der Waals surface area contributed by atoms with Crippen LogP contribution in [0.3, 0.4) is 0 Å². The summed E-state index contributed by atoms with van der Waals surface area (Å²) in [4.78, 5) is 27.3. The average Bonchev–Trinajstić information content (AvgIpc) is 3.48. The van der Waals surface area contributed by atoms with Crippen molar-refractivity contribution in [1.82, 2.24) is 14.9 Å². The van der Waals surface area contributed by atoms with Crippen LogP contribution in [0.2, 0.25) is 5.02 Å². The maximum absolute atomic E-state index is 13.7. The van der Waals surface area contributed by atoms with E-state index in [-0.39, 0.29) is 12.5 Å². The van der Waals surface area contributed by atoms with Crippen LogP contribution in [-0.4, -0.2) is 38.6 Å². The van der Waals surface area contributed by atoms with Gasteiger partial charge in [0.15, 0.2) is 0 Å². The van der Waals surface area contributed by atoms with Gasteiger partial charge in [0.1, 0.15) is 16.1 Å². The molecule has 4 aromatic rings. The van der Waals surface area contributed by atoms with Gasteiger partial charge in [0.25, 0.3) is 0 Å². The van der Waals surface area contributed by atoms with Gasteiger partial charge in [0.05, 0.1) is 18.2 Å². The first-order valence-corrected chi connectivity index (χ1v) is 13.3. The van der Waals surface area contributed by atoms with Crippen LogP contribution in [0.15, 0.2) is 65.8 Å². The molecule has 2 N–H and O–H groups in total. The zero-order valence-electron chi connectivity index (χ0n) is 19.4. The Kier molecular flexibility index (Phi) is 6.99. The number of halogens is 1. The van der Waals surface area contributed by atoms with E-state index in [1.807, 2.05) is 49.4 Å². The Balaban J connectivity index is 1.49. The lowest BCUT2D eigenvalue weighted by atomic mass is 10.0. The van der Waals surface area contributed by atoms with Crippen LogP contribution in [0.1, 0.15) is 34.7 Å². The van der Waals surface area contributed by atoms with Gasteiger partial charge in [0, 0.05) is 9.90 Å². The van der Waals surface area contributed by atoms with Crippen LogP contribution in [0.5, 0.6) is 0 Å². The number of nitrogens with one attached hydrogen (secondary N) is 2. The molecule has 0 bridgehead atoms. The van der Waals surface area contributed by atoms with E-state index in [0.29, 0.717) is 26.6 Å². The number of hydrogen-bond acceptors (Lipinski definition) is 8. The second-order valence-electron chi connectivity index (χ2n) is 7.99. The molecule has 0 spiro atoms. The Hall–Kier alpha value is -3.34. The molecule has 11 heteroatoms. The van der Waals surface area contributed by atoms with Crippen LogP contribution in [0.4, 0.5) is 5.00 Å². The predicted octanol–water partition coefficient (Wildman–Crippen LogP) is 5.54. The highest BCUT2D eigenvalue weighted by Crippen LogP contribution is 2.40. The average molecular weight is 540 g/mol. The first-order chi connectivity index (χ1) is 17.4. The number of rotatable bonds is 6. The topological polar surface area (TPSA) is 98.1 Å². The quantitative estimate of drug-likeness (QED) is 0.310. The van der Waals surface area contributed by atoms with Crippen molar-refractivity contribution < 1.29 is 14.3 Å². The largest absolute Gasteiger partial charge is 0.462 e. The third-order valence-electron chi connectivity index (χ3n) is 5.61. The summed E-state index contributed by atoms with van der Waals surface area (Å²) in [5.74, 6) is -0.0673. The lowest BCUT2D eigenvalue weighted by molar-refractivity contribution is -0.116. The number of anilines is 1. The van der Waals surface area contributed by atoms with Crippen LogP contribution < -0.4 is 10.7 Å². The highest BCUT2D eigenvalue weighted by atomic mass is 35.5. The molecule has 0 unspecified atom stereocenters. The molecule has 1 aliphatic rings. The van der Waals surface area contributed by atoms with Gasteiger partial charge >= 0.3 is 5.97 Å². The molecule has 2 atom stereocenters. The number of aryl methyl sites for hydroxylation is 1. The van der Waals surface area contributed by atoms with E-state index in [9.17, 15) is 9.59 Å². The number of benzene rings is 2. The number of aromatic nitrogens is 3. The Bertz CT molecular complexity index is 1410. The van der Waals surface area contributed by atoms with E-state index >= 15 is 0 Å². The molecule has 0 radical (unpaired) electrons. The number of fused-ring (bicyclic) bond motifs is 1. The molecule has 0 saturated carbocycles. The smallest absolute Gasteiger partial charge is 0.341 e. The third-order valence-corrected chi connectivity index (χ3v) is 8.18. The fourth-order valence-electron chi connectivity index (χ4n) is 3.85. The monoisotopic (exact) mass is 539 g/mol. The summed E-state index contributed by atoms with van der Waals surface area (Å²) in [5.41, 5.74) is 5.52. The number of carbonyl (C=O) groups excluding carboxylic acids is 2. The van der Waals surface area contributed by atoms with Gasteiger partial charge in [-0.15, -0.1) is 21.5 Å². The predicted molar refractivity (Wildman–Crippen MR) is 142 cm³/mol. The molecular formula is C25H22ClN5O3S2. The van der Waals surface area contributed by atoms with Crippen molar-refractivity contribution >= 4 is 51.6 Å². The van der Waals surface area contributed by atoms with Gasteiger partial charge in [-0.05, 0) is 43.2 Å². The van der Waals surface area contributed by atoms with Gasteiger partial charge in [-0.25, -0.2) is 9.47 Å². The van der Waals surface area contributed by atoms with Crippen LogP contribution in [0.25, 0.3) is 10.4 Å². The lowest BCUT2D eigenvalue weighted by Gasteiger charge is -2.32. The minimum atomic E-state index is -0.598. The molecule has 2 aromatic carbocycles. The number of thioether (sulfide) groups is 1. The van der Waals surface area contributed by atoms with E-state index in [2.05, 4.69) is 20.9 Å². The highest BCUT2D eigenvalue weighted by molar-refractivity contribution is 8.00. The van der Waals surface area contributed by atoms with E-state index in [1.54, 1.807) is 29.8 Å². The first-order valence-electron chi connectivity index (χ1n) is 11.2. The number of hydrogen-bond donors (Lipinski definition) is 2. The molecule has 8 nitrogen and oxygen atoms in total. The van der Waals surface area contributed by atoms with E-state index in [4.69, 9.17) is 16.3 Å². The van der Waals surface area contributed by atoms with Crippen molar-refractivity contribution in [3.8, 4) is 10.4 Å². The fourth-order valence-corrected chi connectivity index (χ4v) is 6.16. The van der Waals surface area contributed by atoms with Crippen LogP contribution in [-0.2, 0) is 9.53 Å². The summed E-state index contributed by atoms with van der Waals surface area (Å²) in [5, 5.41) is 12.3. The zero-order valence-corrected chi connectivity index (χ0v) is 21.8. The minimum absolute atomic E-state index is 0.235. The van der Waals surface area contributed by atoms with Gasteiger partial charge in [0.2, 0.25) is 11.1 Å². The maximum atomic E-state index is 13.7. The summed E-state index contributed by atoms with van der Waals surface area (Å²) in [6.45, 7) is 3.82. The van der Waals surface area contributed by atoms with Crippen molar-refractivity contribution in [2.75, 3.05) is 17.3 Å². The van der Waals surface area contributed by atoms with Crippen molar-refractivity contribution in [3.63, 3.8) is 0 Å². The molecule has 0 saturated heterocycles. The first kappa shape index (κ1) is 24.4. The Morgan fingerprint density at radius 3 is 2.61 bits per heavy atom. The second-order valence-corrected chi connectivity index (χ2v) is 10.6. The van der Waals surface area contributed by atoms with E-state index in [0.717, 1.165) is 16.0 Å². The molecule has 0 aliphatic carbocycles. The molecule has 3 heterocycles. The maximum Gasteiger partial charge on any atom is 0.341 e.